The van der Waals surface area contributed by atoms with E-state index in [9.17, 15) is 5.11 Å². The van der Waals surface area contributed by atoms with Crippen molar-refractivity contribution < 1.29 is 14.6 Å². The Morgan fingerprint density at radius 1 is 1.21 bits per heavy atom. The third-order valence-electron chi connectivity index (χ3n) is 3.15. The maximum Gasteiger partial charge on any atom is 0.120 e. The minimum absolute atomic E-state index is 0.0998. The van der Waals surface area contributed by atoms with Crippen LogP contribution in [0.25, 0.3) is 0 Å². The largest absolute Gasteiger partial charge is 0.508 e. The zero-order valence-electron chi connectivity index (χ0n) is 11.7. The molecule has 108 valence electrons. The summed E-state index contributed by atoms with van der Waals surface area (Å²) >= 11 is 3.44. The lowest BCUT2D eigenvalue weighted by molar-refractivity contribution is 0.0912. The number of phenolic OH excluding ortho intramolecular Hbond substituents is 1. The molecule has 0 aliphatic rings. The van der Waals surface area contributed by atoms with Gasteiger partial charge in [-0.15, -0.1) is 0 Å². The first-order valence-corrected chi connectivity index (χ1v) is 7.09. The molecule has 1 rings (SSSR count). The smallest absolute Gasteiger partial charge is 0.120 e. The molecule has 5 heteroatoms. The third-order valence-corrected chi connectivity index (χ3v) is 3.65. The van der Waals surface area contributed by atoms with Crippen LogP contribution in [0.15, 0.2) is 22.7 Å². The van der Waals surface area contributed by atoms with E-state index in [-0.39, 0.29) is 6.04 Å². The Kier molecular flexibility index (Phi) is 7.38. The summed E-state index contributed by atoms with van der Waals surface area (Å²) in [4.78, 5) is 2.23. The topological polar surface area (TPSA) is 41.9 Å². The van der Waals surface area contributed by atoms with Gasteiger partial charge in [0.15, 0.2) is 0 Å². The summed E-state index contributed by atoms with van der Waals surface area (Å²) in [6.45, 7) is 4.98. The highest BCUT2D eigenvalue weighted by Crippen LogP contribution is 2.30. The Labute approximate surface area is 123 Å². The Morgan fingerprint density at radius 3 is 2.32 bits per heavy atom. The average Bonchev–Trinajstić information content (AvgIpc) is 2.41. The number of hydrogen-bond acceptors (Lipinski definition) is 4. The Morgan fingerprint density at radius 2 is 1.79 bits per heavy atom. The molecule has 0 bridgehead atoms. The minimum Gasteiger partial charge on any atom is -0.508 e. The van der Waals surface area contributed by atoms with Gasteiger partial charge in [-0.1, -0.05) is 15.9 Å². The number of ether oxygens (including phenoxy) is 2. The predicted molar refractivity (Wildman–Crippen MR) is 79.5 cm³/mol. The van der Waals surface area contributed by atoms with Crippen LogP contribution in [0.4, 0.5) is 0 Å². The maximum absolute atomic E-state index is 10.00. The SMILES string of the molecule is COCCN(CCOC)C(C)c1cc(Br)ccc1O. The lowest BCUT2D eigenvalue weighted by Crippen LogP contribution is -2.33. The number of nitrogens with zero attached hydrogens (tertiary/aromatic N) is 1. The Bertz CT molecular complexity index is 379. The monoisotopic (exact) mass is 331 g/mol. The van der Waals surface area contributed by atoms with Crippen molar-refractivity contribution in [1.82, 2.24) is 4.90 Å². The van der Waals surface area contributed by atoms with Gasteiger partial charge >= 0.3 is 0 Å². The average molecular weight is 332 g/mol. The van der Waals surface area contributed by atoms with Gasteiger partial charge in [0.25, 0.3) is 0 Å². The molecule has 0 aliphatic carbocycles. The minimum atomic E-state index is 0.0998. The molecule has 4 nitrogen and oxygen atoms in total. The first kappa shape index (κ1) is 16.4. The molecule has 0 fully saturated rings. The molecule has 0 radical (unpaired) electrons. The highest BCUT2D eigenvalue weighted by atomic mass is 79.9. The summed E-state index contributed by atoms with van der Waals surface area (Å²) in [5.41, 5.74) is 0.904. The van der Waals surface area contributed by atoms with Gasteiger partial charge in [-0.2, -0.15) is 0 Å². The summed E-state index contributed by atoms with van der Waals surface area (Å²) in [6, 6.07) is 5.59. The van der Waals surface area contributed by atoms with E-state index in [1.165, 1.54) is 0 Å². The molecule has 1 N–H and O–H groups in total. The zero-order valence-corrected chi connectivity index (χ0v) is 13.3. The highest BCUT2D eigenvalue weighted by Gasteiger charge is 2.18. The number of phenols is 1. The summed E-state index contributed by atoms with van der Waals surface area (Å²) in [5, 5.41) is 10.00. The lowest BCUT2D eigenvalue weighted by Gasteiger charge is -2.29. The van der Waals surface area contributed by atoms with Crippen LogP contribution >= 0.6 is 15.9 Å². The van der Waals surface area contributed by atoms with E-state index in [1.54, 1.807) is 20.3 Å². The normalized spacial score (nSPS) is 12.9. The summed E-state index contributed by atoms with van der Waals surface area (Å²) in [6.07, 6.45) is 0. The number of benzene rings is 1. The summed E-state index contributed by atoms with van der Waals surface area (Å²) in [7, 11) is 3.38. The van der Waals surface area contributed by atoms with E-state index in [1.807, 2.05) is 12.1 Å². The van der Waals surface area contributed by atoms with Crippen molar-refractivity contribution >= 4 is 15.9 Å². The molecule has 0 heterocycles. The number of hydrogen-bond donors (Lipinski definition) is 1. The van der Waals surface area contributed by atoms with E-state index < -0.39 is 0 Å². The molecule has 0 saturated carbocycles. The summed E-state index contributed by atoms with van der Waals surface area (Å²) in [5.74, 6) is 0.315. The number of halogens is 1. The first-order valence-electron chi connectivity index (χ1n) is 6.30. The van der Waals surface area contributed by atoms with Crippen LogP contribution in [-0.2, 0) is 9.47 Å². The Hall–Kier alpha value is -0.620. The fraction of sp³-hybridized carbons (Fsp3) is 0.571. The molecule has 1 unspecified atom stereocenters. The molecule has 1 atom stereocenters. The van der Waals surface area contributed by atoms with Crippen molar-refractivity contribution in [3.05, 3.63) is 28.2 Å². The molecule has 1 aromatic carbocycles. The van der Waals surface area contributed by atoms with Gasteiger partial charge < -0.3 is 14.6 Å². The van der Waals surface area contributed by atoms with Crippen molar-refractivity contribution in [1.29, 1.82) is 0 Å². The van der Waals surface area contributed by atoms with Crippen molar-refractivity contribution in [3.8, 4) is 5.75 Å². The molecule has 0 aliphatic heterocycles. The van der Waals surface area contributed by atoms with Crippen LogP contribution < -0.4 is 0 Å². The lowest BCUT2D eigenvalue weighted by atomic mass is 10.1. The molecule has 0 amide bonds. The van der Waals surface area contributed by atoms with Crippen LogP contribution in [0.2, 0.25) is 0 Å². The van der Waals surface area contributed by atoms with E-state index >= 15 is 0 Å². The second kappa shape index (κ2) is 8.53. The van der Waals surface area contributed by atoms with Crippen LogP contribution in [-0.4, -0.2) is 50.5 Å². The van der Waals surface area contributed by atoms with Gasteiger partial charge in [-0.3, -0.25) is 4.90 Å². The number of rotatable bonds is 8. The predicted octanol–water partition coefficient (Wildman–Crippen LogP) is 2.81. The van der Waals surface area contributed by atoms with Gasteiger partial charge in [0.2, 0.25) is 0 Å². The van der Waals surface area contributed by atoms with Crippen LogP contribution in [0.5, 0.6) is 5.75 Å². The number of methoxy groups -OCH3 is 2. The Balaban J connectivity index is 2.83. The zero-order chi connectivity index (χ0) is 14.3. The quantitative estimate of drug-likeness (QED) is 0.795. The van der Waals surface area contributed by atoms with E-state index in [2.05, 4.69) is 27.8 Å². The standard InChI is InChI=1S/C14H22BrNO3/c1-11(13-10-12(15)4-5-14(13)17)16(6-8-18-2)7-9-19-3/h4-5,10-11,17H,6-9H2,1-3H3. The molecular formula is C14H22BrNO3. The van der Waals surface area contributed by atoms with E-state index in [0.29, 0.717) is 19.0 Å². The van der Waals surface area contributed by atoms with Gasteiger partial charge in [-0.05, 0) is 25.1 Å². The van der Waals surface area contributed by atoms with Crippen molar-refractivity contribution in [2.45, 2.75) is 13.0 Å². The maximum atomic E-state index is 10.00. The van der Waals surface area contributed by atoms with Gasteiger partial charge in [0, 0.05) is 43.4 Å². The number of aromatic hydroxyl groups is 1. The fourth-order valence-electron chi connectivity index (χ4n) is 1.97. The molecule has 0 spiro atoms. The first-order chi connectivity index (χ1) is 9.10. The van der Waals surface area contributed by atoms with Crippen LogP contribution in [0.1, 0.15) is 18.5 Å². The molecule has 0 aromatic heterocycles. The molecular weight excluding hydrogens is 310 g/mol. The summed E-state index contributed by atoms with van der Waals surface area (Å²) < 4.78 is 11.2. The molecule has 19 heavy (non-hydrogen) atoms. The van der Waals surface area contributed by atoms with Gasteiger partial charge in [0.1, 0.15) is 5.75 Å². The van der Waals surface area contributed by atoms with Crippen molar-refractivity contribution in [2.24, 2.45) is 0 Å². The van der Waals surface area contributed by atoms with E-state index in [4.69, 9.17) is 9.47 Å². The second-order valence-electron chi connectivity index (χ2n) is 4.40. The highest BCUT2D eigenvalue weighted by molar-refractivity contribution is 9.10. The molecule has 0 saturated heterocycles. The third kappa shape index (κ3) is 5.10. The van der Waals surface area contributed by atoms with Gasteiger partial charge in [-0.25, -0.2) is 0 Å². The fourth-order valence-corrected chi connectivity index (χ4v) is 2.35. The van der Waals surface area contributed by atoms with Crippen molar-refractivity contribution in [2.75, 3.05) is 40.5 Å². The van der Waals surface area contributed by atoms with Gasteiger partial charge in [0.05, 0.1) is 13.2 Å². The van der Waals surface area contributed by atoms with E-state index in [0.717, 1.165) is 23.1 Å². The van der Waals surface area contributed by atoms with Crippen LogP contribution in [0.3, 0.4) is 0 Å². The van der Waals surface area contributed by atoms with Crippen LogP contribution in [0, 0.1) is 0 Å². The second-order valence-corrected chi connectivity index (χ2v) is 5.32. The van der Waals surface area contributed by atoms with Crippen molar-refractivity contribution in [3.63, 3.8) is 0 Å². The molecule has 1 aromatic rings.